The molecule has 57 heavy (non-hydrogen) atoms. The van der Waals surface area contributed by atoms with Crippen molar-refractivity contribution in [3.8, 4) is 33.4 Å². The highest BCUT2D eigenvalue weighted by atomic mass is 14.5. The maximum atomic E-state index is 2.51. The molecule has 12 aromatic carbocycles. The molecule has 1 aliphatic rings. The summed E-state index contributed by atoms with van der Waals surface area (Å²) in [6.07, 6.45) is 0. The van der Waals surface area contributed by atoms with Crippen LogP contribution in [0.4, 0.5) is 0 Å². The highest BCUT2D eigenvalue weighted by Crippen LogP contribution is 2.58. The van der Waals surface area contributed by atoms with E-state index in [1.165, 1.54) is 120 Å². The normalized spacial score (nSPS) is 13.4. The Labute approximate surface area is 330 Å². The average molecular weight is 719 g/mol. The first kappa shape index (κ1) is 31.0. The molecule has 0 saturated heterocycles. The van der Waals surface area contributed by atoms with Gasteiger partial charge in [-0.25, -0.2) is 0 Å². The van der Waals surface area contributed by atoms with E-state index in [1.54, 1.807) is 0 Å². The standard InChI is InChI=1S/C57H34/c1-3-13-43(14-4-1)57(44-15-5-2-6-16-44)51-33-41(45-27-21-39-19-17-35-9-7-11-37-23-31-49(45)55(39)53(35)37)25-29-47(51)48-30-26-42(34-52(48)57)46-28-22-40-20-18-36-10-8-12-38-24-32-50(46)56(40)54(36)38/h1-34H. The number of rotatable bonds is 4. The fourth-order valence-electron chi connectivity index (χ4n) is 10.8. The van der Waals surface area contributed by atoms with Crippen LogP contribution in [0.3, 0.4) is 0 Å². The smallest absolute Gasteiger partial charge is 0.0622 e. The lowest BCUT2D eigenvalue weighted by molar-refractivity contribution is 0.769. The van der Waals surface area contributed by atoms with Crippen LogP contribution in [-0.2, 0) is 5.41 Å². The minimum Gasteiger partial charge on any atom is -0.0622 e. The third-order valence-electron chi connectivity index (χ3n) is 13.2. The third-order valence-corrected chi connectivity index (χ3v) is 13.2. The second kappa shape index (κ2) is 11.4. The van der Waals surface area contributed by atoms with E-state index in [2.05, 4.69) is 206 Å². The van der Waals surface area contributed by atoms with Crippen molar-refractivity contribution in [2.75, 3.05) is 0 Å². The molecule has 0 amide bonds. The fraction of sp³-hybridized carbons (Fsp3) is 0.0175. The van der Waals surface area contributed by atoms with Crippen molar-refractivity contribution in [2.45, 2.75) is 5.41 Å². The molecule has 0 radical (unpaired) electrons. The molecule has 0 N–H and O–H groups in total. The molecule has 0 unspecified atom stereocenters. The van der Waals surface area contributed by atoms with Crippen molar-refractivity contribution in [3.63, 3.8) is 0 Å². The number of fused-ring (bicyclic) bond motifs is 3. The van der Waals surface area contributed by atoms with E-state index in [-0.39, 0.29) is 0 Å². The molecule has 0 aliphatic heterocycles. The van der Waals surface area contributed by atoms with Gasteiger partial charge in [-0.15, -0.1) is 0 Å². The van der Waals surface area contributed by atoms with Crippen molar-refractivity contribution in [1.82, 2.24) is 0 Å². The third kappa shape index (κ3) is 4.12. The summed E-state index contributed by atoms with van der Waals surface area (Å²) in [5.41, 5.74) is 12.3. The van der Waals surface area contributed by atoms with Crippen LogP contribution < -0.4 is 0 Å². The van der Waals surface area contributed by atoms with Gasteiger partial charge in [0.1, 0.15) is 0 Å². The van der Waals surface area contributed by atoms with Crippen molar-refractivity contribution in [3.05, 3.63) is 229 Å². The monoisotopic (exact) mass is 718 g/mol. The topological polar surface area (TPSA) is 0 Å². The Kier molecular flexibility index (Phi) is 6.19. The average Bonchev–Trinajstić information content (AvgIpc) is 3.57. The van der Waals surface area contributed by atoms with E-state index < -0.39 is 5.41 Å². The highest BCUT2D eigenvalue weighted by Gasteiger charge is 2.46. The first-order valence-corrected chi connectivity index (χ1v) is 20.0. The van der Waals surface area contributed by atoms with Crippen LogP contribution in [0.25, 0.3) is 98.0 Å². The van der Waals surface area contributed by atoms with Gasteiger partial charge >= 0.3 is 0 Å². The Morgan fingerprint density at radius 3 is 1.02 bits per heavy atom. The van der Waals surface area contributed by atoms with Gasteiger partial charge in [0.05, 0.1) is 5.41 Å². The van der Waals surface area contributed by atoms with Gasteiger partial charge in [-0.05, 0) is 132 Å². The molecule has 0 bridgehead atoms. The Hall–Kier alpha value is -7.28. The highest BCUT2D eigenvalue weighted by molar-refractivity contribution is 6.26. The summed E-state index contributed by atoms with van der Waals surface area (Å²) in [6.45, 7) is 0. The van der Waals surface area contributed by atoms with Crippen molar-refractivity contribution in [1.29, 1.82) is 0 Å². The molecule has 0 nitrogen and oxygen atoms in total. The van der Waals surface area contributed by atoms with Gasteiger partial charge in [0.2, 0.25) is 0 Å². The van der Waals surface area contributed by atoms with E-state index in [0.717, 1.165) is 0 Å². The lowest BCUT2D eigenvalue weighted by Gasteiger charge is -2.34. The first-order chi connectivity index (χ1) is 28.3. The predicted octanol–water partition coefficient (Wildman–Crippen LogP) is 15.2. The Bertz CT molecular complexity index is 3280. The molecule has 0 spiro atoms. The van der Waals surface area contributed by atoms with Crippen LogP contribution in [0.2, 0.25) is 0 Å². The Morgan fingerprint density at radius 1 is 0.246 bits per heavy atom. The first-order valence-electron chi connectivity index (χ1n) is 20.0. The molecule has 0 atom stereocenters. The molecule has 0 saturated carbocycles. The maximum absolute atomic E-state index is 2.51. The summed E-state index contributed by atoms with van der Waals surface area (Å²) in [5.74, 6) is 0. The zero-order valence-corrected chi connectivity index (χ0v) is 31.1. The Balaban J connectivity index is 1.09. The van der Waals surface area contributed by atoms with E-state index in [0.29, 0.717) is 0 Å². The summed E-state index contributed by atoms with van der Waals surface area (Å²) < 4.78 is 0. The molecule has 0 aromatic heterocycles. The molecule has 0 fully saturated rings. The molecule has 13 rings (SSSR count). The summed E-state index contributed by atoms with van der Waals surface area (Å²) in [4.78, 5) is 0. The number of benzene rings is 12. The van der Waals surface area contributed by atoms with E-state index in [1.807, 2.05) is 0 Å². The Morgan fingerprint density at radius 2 is 0.596 bits per heavy atom. The SMILES string of the molecule is c1ccc(C2(c3ccccc3)c3cc(-c4ccc5ccc6cccc7ccc4c5c67)ccc3-c3ccc(-c4ccc5ccc6cccc7ccc4c5c67)cc32)cc1. The van der Waals surface area contributed by atoms with Gasteiger partial charge in [0, 0.05) is 0 Å². The van der Waals surface area contributed by atoms with E-state index in [4.69, 9.17) is 0 Å². The second-order valence-corrected chi connectivity index (χ2v) is 15.9. The quantitative estimate of drug-likeness (QED) is 0.159. The number of hydrogen-bond donors (Lipinski definition) is 0. The summed E-state index contributed by atoms with van der Waals surface area (Å²) in [6, 6.07) is 77.9. The van der Waals surface area contributed by atoms with Gasteiger partial charge in [0.15, 0.2) is 0 Å². The van der Waals surface area contributed by atoms with Crippen LogP contribution in [0.5, 0.6) is 0 Å². The van der Waals surface area contributed by atoms with Crippen molar-refractivity contribution < 1.29 is 0 Å². The maximum Gasteiger partial charge on any atom is 0.0713 e. The van der Waals surface area contributed by atoms with Crippen LogP contribution in [0, 0.1) is 0 Å². The molecule has 1 aliphatic carbocycles. The second-order valence-electron chi connectivity index (χ2n) is 15.9. The van der Waals surface area contributed by atoms with Crippen LogP contribution in [-0.4, -0.2) is 0 Å². The number of hydrogen-bond acceptors (Lipinski definition) is 0. The molecule has 12 aromatic rings. The summed E-state index contributed by atoms with van der Waals surface area (Å²) >= 11 is 0. The van der Waals surface area contributed by atoms with Gasteiger partial charge in [0.25, 0.3) is 0 Å². The molecule has 0 heteroatoms. The largest absolute Gasteiger partial charge is 0.0713 e. The van der Waals surface area contributed by atoms with Gasteiger partial charge in [-0.3, -0.25) is 0 Å². The zero-order valence-electron chi connectivity index (χ0n) is 31.1. The molecular formula is C57H34. The van der Waals surface area contributed by atoms with E-state index >= 15 is 0 Å². The van der Waals surface area contributed by atoms with Crippen molar-refractivity contribution >= 4 is 64.6 Å². The summed E-state index contributed by atoms with van der Waals surface area (Å²) in [7, 11) is 0. The van der Waals surface area contributed by atoms with Gasteiger partial charge in [-0.1, -0.05) is 194 Å². The minimum absolute atomic E-state index is 0.535. The lowest BCUT2D eigenvalue weighted by Crippen LogP contribution is -2.28. The molecule has 262 valence electrons. The van der Waals surface area contributed by atoms with Crippen LogP contribution in [0.15, 0.2) is 206 Å². The fourth-order valence-corrected chi connectivity index (χ4v) is 10.8. The van der Waals surface area contributed by atoms with E-state index in [9.17, 15) is 0 Å². The molecular weight excluding hydrogens is 685 g/mol. The van der Waals surface area contributed by atoms with Gasteiger partial charge in [-0.2, -0.15) is 0 Å². The van der Waals surface area contributed by atoms with Gasteiger partial charge < -0.3 is 0 Å². The molecule has 0 heterocycles. The van der Waals surface area contributed by atoms with Crippen LogP contribution >= 0.6 is 0 Å². The minimum atomic E-state index is -0.535. The lowest BCUT2D eigenvalue weighted by atomic mass is 9.67. The van der Waals surface area contributed by atoms with Crippen molar-refractivity contribution in [2.24, 2.45) is 0 Å². The summed E-state index contributed by atoms with van der Waals surface area (Å²) in [5, 5.41) is 15.7. The van der Waals surface area contributed by atoms with Crippen LogP contribution in [0.1, 0.15) is 22.3 Å². The zero-order chi connectivity index (χ0) is 37.2. The predicted molar refractivity (Wildman–Crippen MR) is 242 cm³/mol.